The molecule has 134 valence electrons. The van der Waals surface area contributed by atoms with Gasteiger partial charge >= 0.3 is 6.03 Å². The van der Waals surface area contributed by atoms with Gasteiger partial charge in [-0.05, 0) is 48.7 Å². The Balaban J connectivity index is 1.65. The average Bonchev–Trinajstić information content (AvgIpc) is 2.88. The lowest BCUT2D eigenvalue weighted by atomic mass is 9.92. The zero-order valence-corrected chi connectivity index (χ0v) is 14.1. The topological polar surface area (TPSA) is 87.3 Å². The van der Waals surface area contributed by atoms with Crippen LogP contribution in [0.2, 0.25) is 0 Å². The van der Waals surface area contributed by atoms with E-state index in [-0.39, 0.29) is 18.1 Å². The zero-order chi connectivity index (χ0) is 18.7. The molecule has 3 N–H and O–H groups in total. The van der Waals surface area contributed by atoms with Crippen LogP contribution in [0.25, 0.3) is 0 Å². The first-order valence-corrected chi connectivity index (χ1v) is 8.15. The Morgan fingerprint density at radius 3 is 2.54 bits per heavy atom. The van der Waals surface area contributed by atoms with Gasteiger partial charge in [0.05, 0.1) is 0 Å². The molecule has 0 radical (unpaired) electrons. The van der Waals surface area contributed by atoms with E-state index in [1.54, 1.807) is 43.3 Å². The lowest BCUT2D eigenvalue weighted by Gasteiger charge is -2.21. The Hall–Kier alpha value is -3.22. The Labute approximate surface area is 149 Å². The highest BCUT2D eigenvalue weighted by Gasteiger charge is 2.43. The van der Waals surface area contributed by atoms with Crippen molar-refractivity contribution in [1.29, 1.82) is 0 Å². The zero-order valence-electron chi connectivity index (χ0n) is 14.1. The van der Waals surface area contributed by atoms with Crippen LogP contribution in [0, 0.1) is 5.82 Å². The fourth-order valence-corrected chi connectivity index (χ4v) is 2.79. The van der Waals surface area contributed by atoms with Crippen LogP contribution < -0.4 is 16.0 Å². The molecule has 1 heterocycles. The largest absolute Gasteiger partial charge is 0.326 e. The highest BCUT2D eigenvalue weighted by molar-refractivity contribution is 6.07. The summed E-state index contributed by atoms with van der Waals surface area (Å²) in [6, 6.07) is 12.2. The summed E-state index contributed by atoms with van der Waals surface area (Å²) < 4.78 is 12.9. The van der Waals surface area contributed by atoms with E-state index in [0.29, 0.717) is 17.7 Å². The van der Waals surface area contributed by atoms with E-state index in [4.69, 9.17) is 0 Å². The number of carbonyl (C=O) groups excluding carboxylic acids is 3. The number of anilines is 1. The third-order valence-electron chi connectivity index (χ3n) is 4.32. The van der Waals surface area contributed by atoms with Crippen molar-refractivity contribution < 1.29 is 18.8 Å². The lowest BCUT2D eigenvalue weighted by Crippen LogP contribution is -2.40. The van der Waals surface area contributed by atoms with E-state index in [9.17, 15) is 18.8 Å². The first-order valence-electron chi connectivity index (χ1n) is 8.15. The van der Waals surface area contributed by atoms with Gasteiger partial charge in [-0.15, -0.1) is 0 Å². The Morgan fingerprint density at radius 1 is 1.15 bits per heavy atom. The molecule has 1 atom stereocenters. The van der Waals surface area contributed by atoms with Crippen LogP contribution in [0.5, 0.6) is 0 Å². The molecule has 0 bridgehead atoms. The molecule has 1 unspecified atom stereocenters. The molecule has 1 fully saturated rings. The first-order chi connectivity index (χ1) is 12.4. The smallest absolute Gasteiger partial charge is 0.322 e. The Morgan fingerprint density at radius 2 is 1.88 bits per heavy atom. The fraction of sp³-hybridized carbons (Fsp3) is 0.211. The van der Waals surface area contributed by atoms with E-state index < -0.39 is 17.5 Å². The van der Waals surface area contributed by atoms with Crippen LogP contribution in [-0.2, 0) is 21.5 Å². The van der Waals surface area contributed by atoms with Crippen molar-refractivity contribution >= 4 is 23.5 Å². The van der Waals surface area contributed by atoms with Gasteiger partial charge < -0.3 is 10.6 Å². The Bertz CT molecular complexity index is 867. The summed E-state index contributed by atoms with van der Waals surface area (Å²) in [5, 5.41) is 7.56. The number of benzene rings is 2. The maximum atomic E-state index is 12.9. The quantitative estimate of drug-likeness (QED) is 0.720. The van der Waals surface area contributed by atoms with Crippen LogP contribution in [0.4, 0.5) is 14.9 Å². The minimum absolute atomic E-state index is 0.198. The number of halogens is 1. The molecule has 6 nitrogen and oxygen atoms in total. The van der Waals surface area contributed by atoms with Crippen LogP contribution in [0.1, 0.15) is 24.5 Å². The van der Waals surface area contributed by atoms with Crippen molar-refractivity contribution in [2.75, 3.05) is 5.32 Å². The number of rotatable bonds is 5. The van der Waals surface area contributed by atoms with Gasteiger partial charge in [0.15, 0.2) is 0 Å². The van der Waals surface area contributed by atoms with E-state index >= 15 is 0 Å². The summed E-state index contributed by atoms with van der Waals surface area (Å²) in [7, 11) is 0. The summed E-state index contributed by atoms with van der Waals surface area (Å²) in [6.45, 7) is 1.60. The van der Waals surface area contributed by atoms with Gasteiger partial charge in [-0.1, -0.05) is 24.3 Å². The average molecular weight is 355 g/mol. The highest BCUT2D eigenvalue weighted by Crippen LogP contribution is 2.26. The number of aryl methyl sites for hydroxylation is 1. The second kappa shape index (κ2) is 6.95. The van der Waals surface area contributed by atoms with Crippen LogP contribution in [-0.4, -0.2) is 17.8 Å². The molecule has 4 amide bonds. The summed E-state index contributed by atoms with van der Waals surface area (Å²) in [4.78, 5) is 35.6. The van der Waals surface area contributed by atoms with E-state index in [1.165, 1.54) is 12.1 Å². The molecule has 0 aliphatic carbocycles. The normalized spacial score (nSPS) is 19.0. The van der Waals surface area contributed by atoms with Crippen molar-refractivity contribution in [3.63, 3.8) is 0 Å². The van der Waals surface area contributed by atoms with E-state index in [0.717, 1.165) is 5.56 Å². The van der Waals surface area contributed by atoms with Crippen molar-refractivity contribution in [3.05, 3.63) is 65.5 Å². The maximum Gasteiger partial charge on any atom is 0.322 e. The maximum absolute atomic E-state index is 12.9. The van der Waals surface area contributed by atoms with Crippen molar-refractivity contribution in [3.8, 4) is 0 Å². The Kier molecular flexibility index (Phi) is 4.71. The van der Waals surface area contributed by atoms with Gasteiger partial charge in [-0.3, -0.25) is 14.9 Å². The van der Waals surface area contributed by atoms with E-state index in [1.807, 2.05) is 0 Å². The molecule has 26 heavy (non-hydrogen) atoms. The summed E-state index contributed by atoms with van der Waals surface area (Å²) in [5.74, 6) is -0.953. The van der Waals surface area contributed by atoms with Gasteiger partial charge in [-0.25, -0.2) is 9.18 Å². The molecule has 0 aromatic heterocycles. The van der Waals surface area contributed by atoms with Gasteiger partial charge in [0.1, 0.15) is 11.4 Å². The monoisotopic (exact) mass is 355 g/mol. The van der Waals surface area contributed by atoms with Crippen LogP contribution in [0.3, 0.4) is 0 Å². The molecule has 2 aromatic carbocycles. The van der Waals surface area contributed by atoms with Gasteiger partial charge in [0, 0.05) is 12.1 Å². The van der Waals surface area contributed by atoms with Crippen molar-refractivity contribution in [2.45, 2.75) is 25.3 Å². The summed E-state index contributed by atoms with van der Waals surface area (Å²) in [6.07, 6.45) is 0.729. The molecule has 2 aromatic rings. The molecule has 3 rings (SSSR count). The molecule has 1 aliphatic rings. The minimum atomic E-state index is -1.17. The second-order valence-corrected chi connectivity index (χ2v) is 6.29. The molecule has 7 heteroatoms. The van der Waals surface area contributed by atoms with Gasteiger partial charge in [-0.2, -0.15) is 0 Å². The number of nitrogens with one attached hydrogen (secondary N) is 3. The lowest BCUT2D eigenvalue weighted by molar-refractivity contribution is -0.123. The minimum Gasteiger partial charge on any atom is -0.326 e. The van der Waals surface area contributed by atoms with Crippen molar-refractivity contribution in [2.24, 2.45) is 0 Å². The second-order valence-electron chi connectivity index (χ2n) is 6.29. The fourth-order valence-electron chi connectivity index (χ4n) is 2.79. The van der Waals surface area contributed by atoms with E-state index in [2.05, 4.69) is 16.0 Å². The number of carbonyl (C=O) groups is 3. The number of hydrogen-bond donors (Lipinski definition) is 3. The molecule has 1 aliphatic heterocycles. The number of amides is 4. The summed E-state index contributed by atoms with van der Waals surface area (Å²) in [5.41, 5.74) is 0.790. The number of hydrogen-bond acceptors (Lipinski definition) is 3. The number of imide groups is 1. The number of urea groups is 1. The molecule has 0 saturated carbocycles. The third kappa shape index (κ3) is 3.72. The molecular formula is C19H18FN3O3. The summed E-state index contributed by atoms with van der Waals surface area (Å²) >= 11 is 0. The first kappa shape index (κ1) is 17.6. The molecular weight excluding hydrogens is 337 g/mol. The highest BCUT2D eigenvalue weighted by atomic mass is 19.1. The third-order valence-corrected chi connectivity index (χ3v) is 4.32. The molecule has 0 spiro atoms. The molecule has 1 saturated heterocycles. The predicted octanol–water partition coefficient (Wildman–Crippen LogP) is 2.45. The van der Waals surface area contributed by atoms with Crippen LogP contribution >= 0.6 is 0 Å². The SMILES string of the molecule is CC1(c2cccc(NC(=O)CCc3ccc(F)cc3)c2)NC(=O)NC1=O. The standard InChI is InChI=1S/C19H18FN3O3/c1-19(17(25)22-18(26)23-19)13-3-2-4-15(11-13)21-16(24)10-7-12-5-8-14(20)9-6-12/h2-6,8-9,11H,7,10H2,1H3,(H,21,24)(H2,22,23,25,26). The van der Waals surface area contributed by atoms with Gasteiger partial charge in [0.2, 0.25) is 5.91 Å². The van der Waals surface area contributed by atoms with Crippen molar-refractivity contribution in [1.82, 2.24) is 10.6 Å². The predicted molar refractivity (Wildman–Crippen MR) is 93.8 cm³/mol. The van der Waals surface area contributed by atoms with Crippen LogP contribution in [0.15, 0.2) is 48.5 Å². The van der Waals surface area contributed by atoms with Gasteiger partial charge in [0.25, 0.3) is 5.91 Å².